The molecular formula is C15H25N3OS. The summed E-state index contributed by atoms with van der Waals surface area (Å²) in [7, 11) is 0. The predicted molar refractivity (Wildman–Crippen MR) is 84.0 cm³/mol. The van der Waals surface area contributed by atoms with Crippen LogP contribution in [0.25, 0.3) is 0 Å². The van der Waals surface area contributed by atoms with E-state index >= 15 is 0 Å². The second-order valence-electron chi connectivity index (χ2n) is 5.20. The molecule has 1 aromatic heterocycles. The molecule has 2 rings (SSSR count). The van der Waals surface area contributed by atoms with E-state index in [4.69, 9.17) is 0 Å². The average Bonchev–Trinajstić information content (AvgIpc) is 2.98. The van der Waals surface area contributed by atoms with Crippen molar-refractivity contribution in [3.63, 3.8) is 0 Å². The second kappa shape index (κ2) is 7.76. The maximum atomic E-state index is 12.2. The van der Waals surface area contributed by atoms with Gasteiger partial charge in [0.15, 0.2) is 0 Å². The molecule has 5 heteroatoms. The molecule has 1 fully saturated rings. The first kappa shape index (κ1) is 15.5. The van der Waals surface area contributed by atoms with Crippen molar-refractivity contribution in [2.24, 2.45) is 0 Å². The molecule has 2 heterocycles. The molecule has 1 amide bonds. The van der Waals surface area contributed by atoms with Crippen molar-refractivity contribution in [1.29, 1.82) is 0 Å². The Morgan fingerprint density at radius 2 is 1.95 bits per heavy atom. The summed E-state index contributed by atoms with van der Waals surface area (Å²) in [5.74, 6) is 0.282. The Hall–Kier alpha value is -0.910. The predicted octanol–water partition coefficient (Wildman–Crippen LogP) is 1.73. The van der Waals surface area contributed by atoms with Gasteiger partial charge in [-0.25, -0.2) is 0 Å². The molecule has 0 bridgehead atoms. The molecule has 0 radical (unpaired) electrons. The Bertz CT molecular complexity index is 395. The van der Waals surface area contributed by atoms with Gasteiger partial charge in [-0.15, -0.1) is 11.3 Å². The van der Waals surface area contributed by atoms with Crippen molar-refractivity contribution in [1.82, 2.24) is 14.7 Å². The molecule has 1 aromatic rings. The first-order valence-corrected chi connectivity index (χ1v) is 8.35. The van der Waals surface area contributed by atoms with Crippen LogP contribution in [0.15, 0.2) is 17.5 Å². The highest BCUT2D eigenvalue weighted by Crippen LogP contribution is 2.13. The monoisotopic (exact) mass is 295 g/mol. The van der Waals surface area contributed by atoms with E-state index in [2.05, 4.69) is 41.2 Å². The fourth-order valence-corrected chi connectivity index (χ4v) is 3.26. The second-order valence-corrected chi connectivity index (χ2v) is 6.23. The minimum Gasteiger partial charge on any atom is -0.339 e. The van der Waals surface area contributed by atoms with E-state index in [1.54, 1.807) is 0 Å². The third-order valence-electron chi connectivity index (χ3n) is 3.94. The summed E-state index contributed by atoms with van der Waals surface area (Å²) in [6, 6.07) is 4.28. The summed E-state index contributed by atoms with van der Waals surface area (Å²) in [4.78, 5) is 20.3. The number of thiophene rings is 1. The van der Waals surface area contributed by atoms with Gasteiger partial charge in [-0.1, -0.05) is 19.9 Å². The lowest BCUT2D eigenvalue weighted by Gasteiger charge is -2.35. The molecule has 0 saturated carbocycles. The molecule has 1 saturated heterocycles. The van der Waals surface area contributed by atoms with Gasteiger partial charge in [0.05, 0.1) is 6.54 Å². The molecule has 0 spiro atoms. The van der Waals surface area contributed by atoms with E-state index in [-0.39, 0.29) is 5.91 Å². The largest absolute Gasteiger partial charge is 0.339 e. The summed E-state index contributed by atoms with van der Waals surface area (Å²) >= 11 is 1.81. The number of piperazine rings is 1. The van der Waals surface area contributed by atoms with Gasteiger partial charge < -0.3 is 4.90 Å². The number of hydrogen-bond acceptors (Lipinski definition) is 4. The first-order chi connectivity index (χ1) is 9.72. The van der Waals surface area contributed by atoms with Crippen LogP contribution < -0.4 is 0 Å². The van der Waals surface area contributed by atoms with E-state index in [1.165, 1.54) is 4.88 Å². The topological polar surface area (TPSA) is 26.8 Å². The summed E-state index contributed by atoms with van der Waals surface area (Å²) < 4.78 is 0. The van der Waals surface area contributed by atoms with Crippen LogP contribution in [0.3, 0.4) is 0 Å². The van der Waals surface area contributed by atoms with E-state index in [9.17, 15) is 4.79 Å². The van der Waals surface area contributed by atoms with Gasteiger partial charge in [-0.3, -0.25) is 14.6 Å². The number of rotatable bonds is 6. The zero-order chi connectivity index (χ0) is 14.4. The zero-order valence-corrected chi connectivity index (χ0v) is 13.4. The molecular weight excluding hydrogens is 270 g/mol. The molecule has 0 aliphatic carbocycles. The van der Waals surface area contributed by atoms with Gasteiger partial charge in [-0.2, -0.15) is 0 Å². The molecule has 20 heavy (non-hydrogen) atoms. The van der Waals surface area contributed by atoms with Crippen molar-refractivity contribution in [2.45, 2.75) is 20.4 Å². The maximum Gasteiger partial charge on any atom is 0.236 e. The SMILES string of the molecule is CCN(CC)CC(=O)N1CCN(Cc2cccs2)CC1. The van der Waals surface area contributed by atoms with Crippen LogP contribution in [0.4, 0.5) is 0 Å². The van der Waals surface area contributed by atoms with E-state index in [0.29, 0.717) is 6.54 Å². The maximum absolute atomic E-state index is 12.2. The highest BCUT2D eigenvalue weighted by Gasteiger charge is 2.22. The Labute approximate surface area is 126 Å². The molecule has 112 valence electrons. The third-order valence-corrected chi connectivity index (χ3v) is 4.80. The Balaban J connectivity index is 1.74. The number of likely N-dealkylation sites (N-methyl/N-ethyl adjacent to an activating group) is 1. The Morgan fingerprint density at radius 1 is 1.25 bits per heavy atom. The van der Waals surface area contributed by atoms with Gasteiger partial charge in [0, 0.05) is 37.6 Å². The van der Waals surface area contributed by atoms with Crippen molar-refractivity contribution in [3.8, 4) is 0 Å². The lowest BCUT2D eigenvalue weighted by atomic mass is 10.3. The summed E-state index contributed by atoms with van der Waals surface area (Å²) in [5.41, 5.74) is 0. The van der Waals surface area contributed by atoms with Gasteiger partial charge in [0.25, 0.3) is 0 Å². The highest BCUT2D eigenvalue weighted by atomic mass is 32.1. The normalized spacial score (nSPS) is 16.9. The van der Waals surface area contributed by atoms with Crippen molar-refractivity contribution >= 4 is 17.2 Å². The van der Waals surface area contributed by atoms with E-state index in [0.717, 1.165) is 45.8 Å². The van der Waals surface area contributed by atoms with E-state index in [1.807, 2.05) is 16.2 Å². The van der Waals surface area contributed by atoms with Crippen LogP contribution in [-0.2, 0) is 11.3 Å². The average molecular weight is 295 g/mol. The van der Waals surface area contributed by atoms with Gasteiger partial charge in [0.2, 0.25) is 5.91 Å². The molecule has 0 unspecified atom stereocenters. The number of amides is 1. The van der Waals surface area contributed by atoms with Crippen LogP contribution in [-0.4, -0.2) is 66.4 Å². The molecule has 0 atom stereocenters. The quantitative estimate of drug-likeness (QED) is 0.800. The van der Waals surface area contributed by atoms with Crippen LogP contribution in [0.5, 0.6) is 0 Å². The molecule has 0 N–H and O–H groups in total. The molecule has 4 nitrogen and oxygen atoms in total. The van der Waals surface area contributed by atoms with Crippen LogP contribution in [0, 0.1) is 0 Å². The molecule has 0 aromatic carbocycles. The van der Waals surface area contributed by atoms with Crippen molar-refractivity contribution in [2.75, 3.05) is 45.8 Å². The standard InChI is InChI=1S/C15H25N3OS/c1-3-16(4-2)13-15(19)18-9-7-17(8-10-18)12-14-6-5-11-20-14/h5-6,11H,3-4,7-10,12-13H2,1-2H3. The van der Waals surface area contributed by atoms with Gasteiger partial charge >= 0.3 is 0 Å². The lowest BCUT2D eigenvalue weighted by Crippen LogP contribution is -2.50. The first-order valence-electron chi connectivity index (χ1n) is 7.47. The lowest BCUT2D eigenvalue weighted by molar-refractivity contribution is -0.134. The Kier molecular flexibility index (Phi) is 6.01. The number of nitrogens with zero attached hydrogens (tertiary/aromatic N) is 3. The summed E-state index contributed by atoms with van der Waals surface area (Å²) in [6.45, 7) is 11.4. The minimum atomic E-state index is 0.282. The van der Waals surface area contributed by atoms with Gasteiger partial charge in [0.1, 0.15) is 0 Å². The molecule has 1 aliphatic rings. The van der Waals surface area contributed by atoms with Crippen molar-refractivity contribution < 1.29 is 4.79 Å². The highest BCUT2D eigenvalue weighted by molar-refractivity contribution is 7.09. The van der Waals surface area contributed by atoms with Crippen LogP contribution in [0.1, 0.15) is 18.7 Å². The van der Waals surface area contributed by atoms with Crippen LogP contribution in [0.2, 0.25) is 0 Å². The van der Waals surface area contributed by atoms with Crippen LogP contribution >= 0.6 is 11.3 Å². The van der Waals surface area contributed by atoms with E-state index < -0.39 is 0 Å². The Morgan fingerprint density at radius 3 is 2.50 bits per heavy atom. The van der Waals surface area contributed by atoms with Gasteiger partial charge in [-0.05, 0) is 24.5 Å². The smallest absolute Gasteiger partial charge is 0.236 e. The van der Waals surface area contributed by atoms with Crippen molar-refractivity contribution in [3.05, 3.63) is 22.4 Å². The fourth-order valence-electron chi connectivity index (χ4n) is 2.52. The molecule has 1 aliphatic heterocycles. The number of carbonyl (C=O) groups excluding carboxylic acids is 1. The number of carbonyl (C=O) groups is 1. The minimum absolute atomic E-state index is 0.282. The zero-order valence-electron chi connectivity index (χ0n) is 12.5. The summed E-state index contributed by atoms with van der Waals surface area (Å²) in [6.07, 6.45) is 0. The summed E-state index contributed by atoms with van der Waals surface area (Å²) in [5, 5.41) is 2.12. The number of hydrogen-bond donors (Lipinski definition) is 0. The third kappa shape index (κ3) is 4.30. The fraction of sp³-hybridized carbons (Fsp3) is 0.667.